The van der Waals surface area contributed by atoms with Gasteiger partial charge in [0.25, 0.3) is 0 Å². The van der Waals surface area contributed by atoms with Crippen molar-refractivity contribution in [2.24, 2.45) is 7.05 Å². The molecule has 0 saturated heterocycles. The van der Waals surface area contributed by atoms with E-state index in [4.69, 9.17) is 4.74 Å². The monoisotopic (exact) mass is 384 g/mol. The van der Waals surface area contributed by atoms with E-state index in [2.05, 4.69) is 11.4 Å². The molecule has 2 amide bonds. The molecule has 0 spiro atoms. The standard InChI is InChI=1S/C19H20N4O3S/c1-3-26-19(25)23-10-8-14-15(11-20)18(27-16(14)12-23)21-17(24)7-6-13-5-4-9-22(13)2/h4-7,9H,3,8,10,12H2,1-2H3,(H,21,24)/b7-6+. The zero-order valence-electron chi connectivity index (χ0n) is 15.2. The topological polar surface area (TPSA) is 87.4 Å². The molecular formula is C19H20N4O3S. The van der Waals surface area contributed by atoms with Crippen LogP contribution in [0.3, 0.4) is 0 Å². The summed E-state index contributed by atoms with van der Waals surface area (Å²) in [5, 5.41) is 12.8. The molecule has 27 heavy (non-hydrogen) atoms. The molecule has 1 aliphatic heterocycles. The summed E-state index contributed by atoms with van der Waals surface area (Å²) < 4.78 is 6.95. The van der Waals surface area contributed by atoms with Crippen molar-refractivity contribution in [3.05, 3.63) is 46.1 Å². The van der Waals surface area contributed by atoms with Gasteiger partial charge >= 0.3 is 6.09 Å². The largest absolute Gasteiger partial charge is 0.450 e. The van der Waals surface area contributed by atoms with Gasteiger partial charge in [0.2, 0.25) is 5.91 Å². The van der Waals surface area contributed by atoms with E-state index in [1.807, 2.05) is 29.9 Å². The molecule has 7 nitrogen and oxygen atoms in total. The van der Waals surface area contributed by atoms with E-state index in [-0.39, 0.29) is 12.0 Å². The average Bonchev–Trinajstić information content (AvgIpc) is 3.21. The summed E-state index contributed by atoms with van der Waals surface area (Å²) in [6, 6.07) is 5.99. The van der Waals surface area contributed by atoms with Gasteiger partial charge in [-0.2, -0.15) is 5.26 Å². The molecule has 0 bridgehead atoms. The van der Waals surface area contributed by atoms with Crippen LogP contribution in [0.1, 0.15) is 28.6 Å². The Morgan fingerprint density at radius 1 is 1.48 bits per heavy atom. The molecule has 0 aliphatic carbocycles. The maximum Gasteiger partial charge on any atom is 0.410 e. The van der Waals surface area contributed by atoms with Crippen molar-refractivity contribution >= 4 is 34.4 Å². The van der Waals surface area contributed by atoms with Crippen LogP contribution in [0.2, 0.25) is 0 Å². The van der Waals surface area contributed by atoms with Crippen molar-refractivity contribution in [1.82, 2.24) is 9.47 Å². The first-order valence-electron chi connectivity index (χ1n) is 8.60. The summed E-state index contributed by atoms with van der Waals surface area (Å²) in [4.78, 5) is 26.7. The molecule has 2 aromatic rings. The fourth-order valence-electron chi connectivity index (χ4n) is 2.94. The highest BCUT2D eigenvalue weighted by Crippen LogP contribution is 2.36. The van der Waals surface area contributed by atoms with E-state index >= 15 is 0 Å². The number of carbonyl (C=O) groups excluding carboxylic acids is 2. The quantitative estimate of drug-likeness (QED) is 0.821. The normalized spacial score (nSPS) is 13.3. The lowest BCUT2D eigenvalue weighted by Gasteiger charge is -2.25. The highest BCUT2D eigenvalue weighted by atomic mass is 32.1. The second-order valence-electron chi connectivity index (χ2n) is 6.06. The van der Waals surface area contributed by atoms with Gasteiger partial charge in [-0.3, -0.25) is 4.79 Å². The minimum atomic E-state index is -0.355. The highest BCUT2D eigenvalue weighted by Gasteiger charge is 2.27. The van der Waals surface area contributed by atoms with Crippen LogP contribution in [0.25, 0.3) is 6.08 Å². The molecule has 0 unspecified atom stereocenters. The number of ether oxygens (including phenoxy) is 1. The molecule has 2 aromatic heterocycles. The summed E-state index contributed by atoms with van der Waals surface area (Å²) in [7, 11) is 1.90. The SMILES string of the molecule is CCOC(=O)N1CCc2c(sc(NC(=O)/C=C/c3cccn3C)c2C#N)C1. The van der Waals surface area contributed by atoms with Crippen LogP contribution in [0.5, 0.6) is 0 Å². The van der Waals surface area contributed by atoms with E-state index in [0.29, 0.717) is 36.7 Å². The average molecular weight is 384 g/mol. The third-order valence-electron chi connectivity index (χ3n) is 4.32. The fourth-order valence-corrected chi connectivity index (χ4v) is 4.16. The van der Waals surface area contributed by atoms with E-state index < -0.39 is 0 Å². The van der Waals surface area contributed by atoms with Crippen molar-refractivity contribution in [2.75, 3.05) is 18.5 Å². The molecule has 1 aliphatic rings. The molecule has 1 N–H and O–H groups in total. The lowest BCUT2D eigenvalue weighted by molar-refractivity contribution is -0.111. The Hall–Kier alpha value is -3.05. The Balaban J connectivity index is 1.75. The zero-order chi connectivity index (χ0) is 19.4. The smallest absolute Gasteiger partial charge is 0.410 e. The number of anilines is 1. The summed E-state index contributed by atoms with van der Waals surface area (Å²) in [5.74, 6) is -0.298. The molecule has 0 aromatic carbocycles. The van der Waals surface area contributed by atoms with E-state index in [1.165, 1.54) is 17.4 Å². The van der Waals surface area contributed by atoms with Gasteiger partial charge < -0.3 is 19.5 Å². The molecular weight excluding hydrogens is 364 g/mol. The molecule has 8 heteroatoms. The number of carbonyl (C=O) groups is 2. The van der Waals surface area contributed by atoms with Crippen LogP contribution < -0.4 is 5.32 Å². The summed E-state index contributed by atoms with van der Waals surface area (Å²) >= 11 is 1.34. The first-order chi connectivity index (χ1) is 13.0. The Morgan fingerprint density at radius 3 is 2.96 bits per heavy atom. The number of aromatic nitrogens is 1. The van der Waals surface area contributed by atoms with Crippen molar-refractivity contribution in [3.63, 3.8) is 0 Å². The zero-order valence-corrected chi connectivity index (χ0v) is 16.0. The number of nitriles is 1. The minimum absolute atomic E-state index is 0.298. The first kappa shape index (κ1) is 18.7. The van der Waals surface area contributed by atoms with Gasteiger partial charge in [-0.15, -0.1) is 11.3 Å². The number of amides is 2. The summed E-state index contributed by atoms with van der Waals surface area (Å²) in [6.45, 7) is 2.98. The second kappa shape index (κ2) is 8.10. The lowest BCUT2D eigenvalue weighted by Crippen LogP contribution is -2.35. The van der Waals surface area contributed by atoms with Crippen LogP contribution in [0.15, 0.2) is 24.4 Å². The van der Waals surface area contributed by atoms with Gasteiger partial charge in [0, 0.05) is 36.4 Å². The Labute approximate surface area is 161 Å². The molecule has 3 heterocycles. The van der Waals surface area contributed by atoms with Crippen molar-refractivity contribution in [3.8, 4) is 6.07 Å². The third kappa shape index (κ3) is 4.04. The minimum Gasteiger partial charge on any atom is -0.450 e. The second-order valence-corrected chi connectivity index (χ2v) is 7.16. The van der Waals surface area contributed by atoms with Crippen molar-refractivity contribution < 1.29 is 14.3 Å². The Morgan fingerprint density at radius 2 is 2.30 bits per heavy atom. The molecule has 3 rings (SSSR count). The van der Waals surface area contributed by atoms with E-state index in [9.17, 15) is 14.9 Å². The number of hydrogen-bond acceptors (Lipinski definition) is 5. The predicted octanol–water partition coefficient (Wildman–Crippen LogP) is 3.12. The predicted molar refractivity (Wildman–Crippen MR) is 103 cm³/mol. The third-order valence-corrected chi connectivity index (χ3v) is 5.45. The first-order valence-corrected chi connectivity index (χ1v) is 9.41. The number of aryl methyl sites for hydroxylation is 1. The molecule has 140 valence electrons. The van der Waals surface area contributed by atoms with Crippen LogP contribution in [-0.2, 0) is 29.5 Å². The van der Waals surface area contributed by atoms with Crippen LogP contribution in [0, 0.1) is 11.3 Å². The van der Waals surface area contributed by atoms with Gasteiger partial charge in [-0.1, -0.05) is 0 Å². The summed E-state index contributed by atoms with van der Waals surface area (Å²) in [5.41, 5.74) is 2.30. The molecule has 0 fully saturated rings. The Kier molecular flexibility index (Phi) is 5.62. The van der Waals surface area contributed by atoms with Crippen molar-refractivity contribution in [2.45, 2.75) is 19.9 Å². The van der Waals surface area contributed by atoms with Gasteiger partial charge in [0.1, 0.15) is 11.1 Å². The van der Waals surface area contributed by atoms with Gasteiger partial charge in [0.05, 0.1) is 18.7 Å². The number of nitrogens with one attached hydrogen (secondary N) is 1. The van der Waals surface area contributed by atoms with E-state index in [0.717, 1.165) is 16.1 Å². The lowest BCUT2D eigenvalue weighted by atomic mass is 10.0. The maximum atomic E-state index is 12.3. The number of nitrogens with zero attached hydrogens (tertiary/aromatic N) is 3. The van der Waals surface area contributed by atoms with E-state index in [1.54, 1.807) is 17.9 Å². The molecule has 0 saturated carbocycles. The van der Waals surface area contributed by atoms with Crippen LogP contribution in [-0.4, -0.2) is 34.6 Å². The van der Waals surface area contributed by atoms with Gasteiger partial charge in [0.15, 0.2) is 0 Å². The molecule has 0 radical (unpaired) electrons. The number of thiophene rings is 1. The summed E-state index contributed by atoms with van der Waals surface area (Å²) in [6.07, 6.45) is 5.28. The number of rotatable bonds is 4. The highest BCUT2D eigenvalue weighted by molar-refractivity contribution is 7.16. The number of fused-ring (bicyclic) bond motifs is 1. The molecule has 0 atom stereocenters. The Bertz CT molecular complexity index is 935. The van der Waals surface area contributed by atoms with Gasteiger partial charge in [-0.05, 0) is 37.1 Å². The number of hydrogen-bond donors (Lipinski definition) is 1. The van der Waals surface area contributed by atoms with Crippen LogP contribution in [0.4, 0.5) is 9.80 Å². The fraction of sp³-hybridized carbons (Fsp3) is 0.316. The van der Waals surface area contributed by atoms with Crippen LogP contribution >= 0.6 is 11.3 Å². The van der Waals surface area contributed by atoms with Gasteiger partial charge in [-0.25, -0.2) is 4.79 Å². The maximum absolute atomic E-state index is 12.3. The van der Waals surface area contributed by atoms with Crippen molar-refractivity contribution in [1.29, 1.82) is 5.26 Å².